The van der Waals surface area contributed by atoms with Crippen molar-refractivity contribution in [3.8, 4) is 11.5 Å². The molecule has 1 amide bonds. The van der Waals surface area contributed by atoms with Gasteiger partial charge in [-0.25, -0.2) is 0 Å². The Balaban J connectivity index is 1.88. The minimum Gasteiger partial charge on any atom is -0.493 e. The largest absolute Gasteiger partial charge is 0.493 e. The first kappa shape index (κ1) is 19.6. The topological polar surface area (TPSA) is 47.6 Å². The van der Waals surface area contributed by atoms with Gasteiger partial charge in [0.2, 0.25) is 5.91 Å². The number of carbonyl (C=O) groups excluding carboxylic acids is 1. The maximum absolute atomic E-state index is 12.0. The zero-order chi connectivity index (χ0) is 18.8. The third kappa shape index (κ3) is 6.63. The van der Waals surface area contributed by atoms with Crippen LogP contribution in [0.15, 0.2) is 54.6 Å². The van der Waals surface area contributed by atoms with Crippen molar-refractivity contribution >= 4 is 12.0 Å². The van der Waals surface area contributed by atoms with Gasteiger partial charge in [0, 0.05) is 12.6 Å². The Kier molecular flexibility index (Phi) is 7.75. The number of hydrogen-bond acceptors (Lipinski definition) is 3. The third-order valence-corrected chi connectivity index (χ3v) is 3.87. The molecule has 0 aliphatic carbocycles. The molecule has 0 aliphatic heterocycles. The molecular formula is C22H27NO3. The Morgan fingerprint density at radius 2 is 1.88 bits per heavy atom. The lowest BCUT2D eigenvalue weighted by atomic mass is 10.1. The van der Waals surface area contributed by atoms with Gasteiger partial charge in [0.05, 0.1) is 13.7 Å². The number of rotatable bonds is 9. The highest BCUT2D eigenvalue weighted by molar-refractivity contribution is 5.91. The summed E-state index contributed by atoms with van der Waals surface area (Å²) >= 11 is 0. The molecule has 2 aromatic rings. The van der Waals surface area contributed by atoms with E-state index in [1.54, 1.807) is 13.2 Å². The first-order chi connectivity index (χ1) is 12.6. The standard InChI is InChI=1S/C22H27NO3/c1-17(2)13-14-26-20-11-9-19(15-21(20)25-3)16-23-22(24)12-10-18-7-5-4-6-8-18/h4-12,15,17H,13-14,16H2,1-3H3,(H,23,24)/b12-10+. The average molecular weight is 353 g/mol. The molecule has 0 atom stereocenters. The molecule has 4 nitrogen and oxygen atoms in total. The monoisotopic (exact) mass is 353 g/mol. The van der Waals surface area contributed by atoms with Gasteiger partial charge < -0.3 is 14.8 Å². The number of nitrogens with one attached hydrogen (secondary N) is 1. The summed E-state index contributed by atoms with van der Waals surface area (Å²) < 4.78 is 11.2. The lowest BCUT2D eigenvalue weighted by Gasteiger charge is -2.13. The summed E-state index contributed by atoms with van der Waals surface area (Å²) in [6.07, 6.45) is 4.33. The van der Waals surface area contributed by atoms with Crippen molar-refractivity contribution < 1.29 is 14.3 Å². The van der Waals surface area contributed by atoms with Crippen molar-refractivity contribution in [3.63, 3.8) is 0 Å². The van der Waals surface area contributed by atoms with Crippen LogP contribution in [0.1, 0.15) is 31.4 Å². The van der Waals surface area contributed by atoms with Gasteiger partial charge in [-0.3, -0.25) is 4.79 Å². The molecule has 2 aromatic carbocycles. The molecule has 2 rings (SSSR count). The van der Waals surface area contributed by atoms with E-state index >= 15 is 0 Å². The number of hydrogen-bond donors (Lipinski definition) is 1. The number of carbonyl (C=O) groups is 1. The van der Waals surface area contributed by atoms with E-state index in [0.29, 0.717) is 24.8 Å². The molecule has 138 valence electrons. The van der Waals surface area contributed by atoms with Crippen LogP contribution in [0, 0.1) is 5.92 Å². The first-order valence-corrected chi connectivity index (χ1v) is 8.89. The van der Waals surface area contributed by atoms with Crippen molar-refractivity contribution in [3.05, 3.63) is 65.7 Å². The molecule has 1 N–H and O–H groups in total. The molecule has 0 unspecified atom stereocenters. The Morgan fingerprint density at radius 3 is 2.58 bits per heavy atom. The second-order valence-corrected chi connectivity index (χ2v) is 6.48. The van der Waals surface area contributed by atoms with Crippen LogP contribution in [0.4, 0.5) is 0 Å². The van der Waals surface area contributed by atoms with E-state index in [1.807, 2.05) is 48.5 Å². The summed E-state index contributed by atoms with van der Waals surface area (Å²) in [5, 5.41) is 2.88. The molecule has 4 heteroatoms. The zero-order valence-electron chi connectivity index (χ0n) is 15.7. The van der Waals surface area contributed by atoms with Crippen LogP contribution < -0.4 is 14.8 Å². The van der Waals surface area contributed by atoms with Gasteiger partial charge in [0.1, 0.15) is 0 Å². The van der Waals surface area contributed by atoms with Crippen molar-refractivity contribution in [2.75, 3.05) is 13.7 Å². The summed E-state index contributed by atoms with van der Waals surface area (Å²) in [6, 6.07) is 15.4. The Morgan fingerprint density at radius 1 is 1.12 bits per heavy atom. The molecule has 0 aromatic heterocycles. The molecule has 0 saturated carbocycles. The number of benzene rings is 2. The Bertz CT molecular complexity index is 723. The lowest BCUT2D eigenvalue weighted by molar-refractivity contribution is -0.116. The second-order valence-electron chi connectivity index (χ2n) is 6.48. The average Bonchev–Trinajstić information content (AvgIpc) is 2.65. The molecule has 26 heavy (non-hydrogen) atoms. The van der Waals surface area contributed by atoms with Crippen LogP contribution in [-0.2, 0) is 11.3 Å². The summed E-state index contributed by atoms with van der Waals surface area (Å²) in [6.45, 7) is 5.42. The van der Waals surface area contributed by atoms with Crippen molar-refractivity contribution in [1.29, 1.82) is 0 Å². The molecule has 0 saturated heterocycles. The summed E-state index contributed by atoms with van der Waals surface area (Å²) in [5.74, 6) is 1.87. The third-order valence-electron chi connectivity index (χ3n) is 3.87. The highest BCUT2D eigenvalue weighted by atomic mass is 16.5. The van der Waals surface area contributed by atoms with E-state index < -0.39 is 0 Å². The van der Waals surface area contributed by atoms with Gasteiger partial charge in [0.15, 0.2) is 11.5 Å². The fourth-order valence-electron chi connectivity index (χ4n) is 2.33. The first-order valence-electron chi connectivity index (χ1n) is 8.89. The van der Waals surface area contributed by atoms with Crippen molar-refractivity contribution in [2.24, 2.45) is 5.92 Å². The van der Waals surface area contributed by atoms with E-state index in [2.05, 4.69) is 19.2 Å². The fraction of sp³-hybridized carbons (Fsp3) is 0.318. The predicted octanol–water partition coefficient (Wildman–Crippen LogP) is 4.45. The van der Waals surface area contributed by atoms with Crippen molar-refractivity contribution in [1.82, 2.24) is 5.32 Å². The van der Waals surface area contributed by atoms with Crippen LogP contribution in [-0.4, -0.2) is 19.6 Å². The van der Waals surface area contributed by atoms with Crippen LogP contribution in [0.2, 0.25) is 0 Å². The van der Waals surface area contributed by atoms with Gasteiger partial charge in [0.25, 0.3) is 0 Å². The normalized spacial score (nSPS) is 10.9. The van der Waals surface area contributed by atoms with Gasteiger partial charge in [-0.05, 0) is 41.7 Å². The quantitative estimate of drug-likeness (QED) is 0.678. The maximum atomic E-state index is 12.0. The summed E-state index contributed by atoms with van der Waals surface area (Å²) in [5.41, 5.74) is 1.95. The number of ether oxygens (including phenoxy) is 2. The highest BCUT2D eigenvalue weighted by Gasteiger charge is 2.07. The number of amides is 1. The van der Waals surface area contributed by atoms with E-state index in [4.69, 9.17) is 9.47 Å². The number of methoxy groups -OCH3 is 1. The van der Waals surface area contributed by atoms with Gasteiger partial charge in [-0.1, -0.05) is 50.2 Å². The zero-order valence-corrected chi connectivity index (χ0v) is 15.7. The van der Waals surface area contributed by atoms with E-state index in [1.165, 1.54) is 6.08 Å². The molecule has 0 heterocycles. The van der Waals surface area contributed by atoms with Crippen LogP contribution >= 0.6 is 0 Å². The minimum atomic E-state index is -0.134. The lowest BCUT2D eigenvalue weighted by Crippen LogP contribution is -2.20. The summed E-state index contributed by atoms with van der Waals surface area (Å²) in [7, 11) is 1.62. The maximum Gasteiger partial charge on any atom is 0.244 e. The Hall–Kier alpha value is -2.75. The predicted molar refractivity (Wildman–Crippen MR) is 105 cm³/mol. The smallest absolute Gasteiger partial charge is 0.244 e. The second kappa shape index (κ2) is 10.3. The summed E-state index contributed by atoms with van der Waals surface area (Å²) in [4.78, 5) is 12.0. The van der Waals surface area contributed by atoms with Crippen LogP contribution in [0.25, 0.3) is 6.08 Å². The SMILES string of the molecule is COc1cc(CNC(=O)/C=C/c2ccccc2)ccc1OCCC(C)C. The van der Waals surface area contributed by atoms with Gasteiger partial charge in [-0.15, -0.1) is 0 Å². The fourth-order valence-corrected chi connectivity index (χ4v) is 2.33. The molecule has 0 bridgehead atoms. The molecule has 0 aliphatic rings. The van der Waals surface area contributed by atoms with Gasteiger partial charge >= 0.3 is 0 Å². The Labute approximate surface area is 155 Å². The van der Waals surface area contributed by atoms with Crippen molar-refractivity contribution in [2.45, 2.75) is 26.8 Å². The van der Waals surface area contributed by atoms with E-state index in [9.17, 15) is 4.79 Å². The molecule has 0 spiro atoms. The van der Waals surface area contributed by atoms with Crippen LogP contribution in [0.5, 0.6) is 11.5 Å². The molecular weight excluding hydrogens is 326 g/mol. The van der Waals surface area contributed by atoms with Crippen LogP contribution in [0.3, 0.4) is 0 Å². The van der Waals surface area contributed by atoms with E-state index in [-0.39, 0.29) is 5.91 Å². The molecule has 0 fully saturated rings. The van der Waals surface area contributed by atoms with Gasteiger partial charge in [-0.2, -0.15) is 0 Å². The minimum absolute atomic E-state index is 0.134. The molecule has 0 radical (unpaired) electrons. The highest BCUT2D eigenvalue weighted by Crippen LogP contribution is 2.28. The van der Waals surface area contributed by atoms with E-state index in [0.717, 1.165) is 23.3 Å².